The number of halogens is 1. The van der Waals surface area contributed by atoms with E-state index in [1.807, 2.05) is 4.90 Å². The van der Waals surface area contributed by atoms with Gasteiger partial charge in [0.15, 0.2) is 5.78 Å². The predicted molar refractivity (Wildman–Crippen MR) is 158 cm³/mol. The van der Waals surface area contributed by atoms with Crippen LogP contribution in [0.15, 0.2) is 35.9 Å². The minimum absolute atomic E-state index is 0.0118. The molecule has 3 rings (SSSR count). The molecule has 2 amide bonds. The number of rotatable bonds is 17. The maximum atomic E-state index is 14.5. The van der Waals surface area contributed by atoms with Crippen LogP contribution in [0.3, 0.4) is 0 Å². The summed E-state index contributed by atoms with van der Waals surface area (Å²) in [4.78, 5) is 74.0. The smallest absolute Gasteiger partial charge is 0.322 e. The molecule has 0 bridgehead atoms. The van der Waals surface area contributed by atoms with Gasteiger partial charge in [0, 0.05) is 42.0 Å². The first-order valence-electron chi connectivity index (χ1n) is 13.7. The first kappa shape index (κ1) is 34.2. The largest absolute Gasteiger partial charge is 0.480 e. The molecule has 4 atom stereocenters. The van der Waals surface area contributed by atoms with Crippen LogP contribution in [0.5, 0.6) is 0 Å². The van der Waals surface area contributed by atoms with E-state index in [0.717, 1.165) is 12.8 Å². The fourth-order valence-corrected chi connectivity index (χ4v) is 7.52. The first-order chi connectivity index (χ1) is 20.5. The van der Waals surface area contributed by atoms with Crippen molar-refractivity contribution in [2.75, 3.05) is 18.8 Å². The Morgan fingerprint density at radius 1 is 1.14 bits per heavy atom. The molecule has 2 aliphatic rings. The fourth-order valence-electron chi connectivity index (χ4n) is 4.63. The molecule has 0 radical (unpaired) electrons. The molecule has 1 aromatic rings. The maximum absolute atomic E-state index is 14.5. The molecule has 2 fully saturated rings. The van der Waals surface area contributed by atoms with E-state index >= 15 is 0 Å². The predicted octanol–water partition coefficient (Wildman–Crippen LogP) is 1.13. The molecule has 6 N–H and O–H groups in total. The van der Waals surface area contributed by atoms with Gasteiger partial charge in [0.1, 0.15) is 30.7 Å². The molecule has 1 saturated heterocycles. The van der Waals surface area contributed by atoms with Crippen molar-refractivity contribution < 1.29 is 43.4 Å². The van der Waals surface area contributed by atoms with Gasteiger partial charge in [-0.25, -0.2) is 4.39 Å². The number of aldehydes is 1. The van der Waals surface area contributed by atoms with Crippen LogP contribution in [0.2, 0.25) is 0 Å². The van der Waals surface area contributed by atoms with Crippen LogP contribution in [-0.4, -0.2) is 93.2 Å². The Morgan fingerprint density at radius 2 is 1.86 bits per heavy atom. The van der Waals surface area contributed by atoms with E-state index in [2.05, 4.69) is 10.6 Å². The molecule has 0 spiro atoms. The number of amides is 2. The van der Waals surface area contributed by atoms with Gasteiger partial charge in [-0.15, -0.1) is 0 Å². The van der Waals surface area contributed by atoms with E-state index < -0.39 is 48.4 Å². The van der Waals surface area contributed by atoms with Gasteiger partial charge >= 0.3 is 11.9 Å². The third kappa shape index (κ3) is 10.4. The van der Waals surface area contributed by atoms with E-state index in [4.69, 9.17) is 15.9 Å². The number of ketones is 1. The third-order valence-electron chi connectivity index (χ3n) is 7.06. The Morgan fingerprint density at radius 3 is 2.49 bits per heavy atom. The number of allylic oxidation sites excluding steroid dienone is 1. The summed E-state index contributed by atoms with van der Waals surface area (Å²) >= 11 is 0. The van der Waals surface area contributed by atoms with E-state index in [1.54, 1.807) is 18.2 Å². The van der Waals surface area contributed by atoms with Gasteiger partial charge in [0.2, 0.25) is 11.8 Å². The van der Waals surface area contributed by atoms with Crippen LogP contribution in [0.1, 0.15) is 37.7 Å². The highest BCUT2D eigenvalue weighted by Gasteiger charge is 2.44. The molecular weight excluding hydrogens is 603 g/mol. The van der Waals surface area contributed by atoms with Crippen molar-refractivity contribution in [2.45, 2.75) is 62.0 Å². The monoisotopic (exact) mass is 638 g/mol. The zero-order valence-corrected chi connectivity index (χ0v) is 24.9. The van der Waals surface area contributed by atoms with E-state index in [1.165, 1.54) is 33.7 Å². The number of carboxylic acids is 2. The number of carbonyl (C=O) groups excluding carboxylic acids is 4. The normalized spacial score (nSPS) is 21.0. The number of hydrogen-bond donors (Lipinski definition) is 5. The fraction of sp³-hybridized carbons (Fsp3) is 0.500. The molecule has 234 valence electrons. The SMILES string of the molecule is NC(CCC(=O)NC(CSSC1CCN(Cc2ccccc2F)C(C(=O)C2CC2)/C1=C/C=O)C(=O)NCC(=O)O)C(=O)O. The number of Topliss-reactive ketones (excluding diaryl/α,β-unsaturated/α-hetero) is 1. The number of aliphatic carboxylic acids is 2. The van der Waals surface area contributed by atoms with Gasteiger partial charge < -0.3 is 26.6 Å². The Kier molecular flexibility index (Phi) is 13.2. The molecule has 0 aromatic heterocycles. The Labute approximate surface area is 255 Å². The quantitative estimate of drug-likeness (QED) is 0.0928. The number of piperidine rings is 1. The highest BCUT2D eigenvalue weighted by Crippen LogP contribution is 2.42. The number of carboxylic acid groups (broad SMARTS) is 2. The summed E-state index contributed by atoms with van der Waals surface area (Å²) in [6, 6.07) is 3.22. The summed E-state index contributed by atoms with van der Waals surface area (Å²) in [5.74, 6) is -4.42. The van der Waals surface area contributed by atoms with Crippen molar-refractivity contribution >= 4 is 57.4 Å². The summed E-state index contributed by atoms with van der Waals surface area (Å²) in [5, 5.41) is 22.3. The molecule has 43 heavy (non-hydrogen) atoms. The van der Waals surface area contributed by atoms with Crippen molar-refractivity contribution in [2.24, 2.45) is 11.7 Å². The lowest BCUT2D eigenvalue weighted by Gasteiger charge is -2.40. The van der Waals surface area contributed by atoms with Crippen molar-refractivity contribution in [1.29, 1.82) is 0 Å². The summed E-state index contributed by atoms with van der Waals surface area (Å²) in [6.45, 7) is -0.0144. The van der Waals surface area contributed by atoms with Crippen LogP contribution in [0.4, 0.5) is 4.39 Å². The van der Waals surface area contributed by atoms with Crippen LogP contribution in [0.25, 0.3) is 0 Å². The lowest BCUT2D eigenvalue weighted by molar-refractivity contribution is -0.139. The second kappa shape index (κ2) is 16.5. The summed E-state index contributed by atoms with van der Waals surface area (Å²) in [5.41, 5.74) is 6.47. The lowest BCUT2D eigenvalue weighted by Crippen LogP contribution is -2.50. The molecule has 1 aliphatic heterocycles. The number of nitrogens with zero attached hydrogens (tertiary/aromatic N) is 1. The van der Waals surface area contributed by atoms with Crippen molar-refractivity contribution in [3.05, 3.63) is 47.3 Å². The minimum Gasteiger partial charge on any atom is -0.480 e. The molecule has 15 heteroatoms. The van der Waals surface area contributed by atoms with Crippen molar-refractivity contribution in [3.8, 4) is 0 Å². The number of likely N-dealkylation sites (tertiary alicyclic amines) is 1. The van der Waals surface area contributed by atoms with Gasteiger partial charge in [0.05, 0.1) is 6.04 Å². The number of carbonyl (C=O) groups is 6. The Balaban J connectivity index is 1.70. The first-order valence-corrected chi connectivity index (χ1v) is 16.1. The van der Waals surface area contributed by atoms with Gasteiger partial charge in [-0.3, -0.25) is 33.7 Å². The molecule has 1 aliphatic carbocycles. The van der Waals surface area contributed by atoms with E-state index in [-0.39, 0.29) is 47.9 Å². The topological polar surface area (TPSA) is 196 Å². The number of nitrogens with one attached hydrogen (secondary N) is 2. The minimum atomic E-state index is -1.27. The van der Waals surface area contributed by atoms with Gasteiger partial charge in [-0.05, 0) is 43.4 Å². The average molecular weight is 639 g/mol. The molecule has 1 heterocycles. The van der Waals surface area contributed by atoms with Crippen LogP contribution >= 0.6 is 21.6 Å². The van der Waals surface area contributed by atoms with E-state index in [9.17, 15) is 33.2 Å². The number of benzene rings is 1. The van der Waals surface area contributed by atoms with Crippen LogP contribution < -0.4 is 16.4 Å². The van der Waals surface area contributed by atoms with Crippen LogP contribution in [0, 0.1) is 11.7 Å². The Bertz CT molecular complexity index is 1240. The molecule has 1 saturated carbocycles. The zero-order chi connectivity index (χ0) is 31.5. The summed E-state index contributed by atoms with van der Waals surface area (Å²) in [6.07, 6.45) is 3.62. The molecule has 4 unspecified atom stereocenters. The number of hydrogen-bond acceptors (Lipinski definition) is 10. The van der Waals surface area contributed by atoms with Crippen molar-refractivity contribution in [1.82, 2.24) is 15.5 Å². The van der Waals surface area contributed by atoms with Crippen molar-refractivity contribution in [3.63, 3.8) is 0 Å². The van der Waals surface area contributed by atoms with Gasteiger partial charge in [0.25, 0.3) is 0 Å². The highest BCUT2D eigenvalue weighted by molar-refractivity contribution is 8.77. The lowest BCUT2D eigenvalue weighted by atomic mass is 9.89. The standard InChI is InChI=1S/C28H35FN4O8S2/c29-19-4-2-1-3-17(19)14-33-11-9-22(18(10-12-34)25(33)26(38)16-5-6-16)43-42-15-21(27(39)31-13-24(36)37)32-23(35)8-7-20(30)28(40)41/h1-4,10,12,16,20-22,25H,5-9,11,13-15,30H2,(H,31,39)(H,32,35)(H,36,37)(H,40,41)/b18-10+. The van der Waals surface area contributed by atoms with E-state index in [0.29, 0.717) is 30.4 Å². The van der Waals surface area contributed by atoms with Gasteiger partial charge in [-0.2, -0.15) is 0 Å². The Hall–Kier alpha value is -3.27. The zero-order valence-electron chi connectivity index (χ0n) is 23.3. The summed E-state index contributed by atoms with van der Waals surface area (Å²) in [7, 11) is 2.53. The molecule has 12 nitrogen and oxygen atoms in total. The average Bonchev–Trinajstić information content (AvgIpc) is 3.82. The summed E-state index contributed by atoms with van der Waals surface area (Å²) < 4.78 is 14.5. The highest BCUT2D eigenvalue weighted by atomic mass is 33.1. The molecular formula is C28H35FN4O8S2. The second-order valence-corrected chi connectivity index (χ2v) is 12.9. The van der Waals surface area contributed by atoms with Crippen LogP contribution in [-0.2, 0) is 35.3 Å². The maximum Gasteiger partial charge on any atom is 0.322 e. The molecule has 1 aromatic carbocycles. The second-order valence-electron chi connectivity index (χ2n) is 10.3. The number of nitrogens with two attached hydrogens (primary N) is 1. The third-order valence-corrected chi connectivity index (χ3v) is 9.92. The van der Waals surface area contributed by atoms with Gasteiger partial charge in [-0.1, -0.05) is 39.8 Å².